The zero-order valence-corrected chi connectivity index (χ0v) is 11.6. The molecule has 0 bridgehead atoms. The van der Waals surface area contributed by atoms with E-state index in [1.54, 1.807) is 18.3 Å². The highest BCUT2D eigenvalue weighted by molar-refractivity contribution is 9.10. The predicted molar refractivity (Wildman–Crippen MR) is 76.1 cm³/mol. The van der Waals surface area contributed by atoms with Gasteiger partial charge in [-0.3, -0.25) is 0 Å². The van der Waals surface area contributed by atoms with Gasteiger partial charge in [0.15, 0.2) is 0 Å². The first-order valence-electron chi connectivity index (χ1n) is 4.69. The number of hydrogen-bond acceptors (Lipinski definition) is 3. The highest BCUT2D eigenvalue weighted by atomic mass is 79.9. The molecule has 0 aliphatic rings. The van der Waals surface area contributed by atoms with Gasteiger partial charge in [0.2, 0.25) is 0 Å². The number of pyridine rings is 1. The second-order valence-corrected chi connectivity index (χ2v) is 5.02. The summed E-state index contributed by atoms with van der Waals surface area (Å²) in [4.78, 5) is 4.11. The smallest absolute Gasteiger partial charge is 0.149 e. The van der Waals surface area contributed by atoms with Gasteiger partial charge >= 0.3 is 0 Å². The van der Waals surface area contributed by atoms with E-state index in [1.807, 2.05) is 12.1 Å². The Bertz CT molecular complexity index is 560. The van der Waals surface area contributed by atoms with Gasteiger partial charge in [0.25, 0.3) is 0 Å². The van der Waals surface area contributed by atoms with E-state index in [2.05, 4.69) is 26.2 Å². The molecule has 6 heteroatoms. The van der Waals surface area contributed by atoms with Crippen LogP contribution in [0.25, 0.3) is 0 Å². The molecule has 0 aliphatic heterocycles. The van der Waals surface area contributed by atoms with Crippen LogP contribution in [0.4, 0.5) is 17.2 Å². The molecule has 0 aliphatic carbocycles. The largest absolute Gasteiger partial charge is 0.397 e. The Kier molecular flexibility index (Phi) is 3.76. The van der Waals surface area contributed by atoms with Crippen molar-refractivity contribution in [2.75, 3.05) is 11.1 Å². The average Bonchev–Trinajstić information content (AvgIpc) is 2.27. The minimum absolute atomic E-state index is 0.469. The molecule has 2 aromatic rings. The van der Waals surface area contributed by atoms with Gasteiger partial charge < -0.3 is 11.1 Å². The second-order valence-electron chi connectivity index (χ2n) is 3.35. The van der Waals surface area contributed by atoms with Crippen LogP contribution < -0.4 is 11.1 Å². The van der Waals surface area contributed by atoms with Crippen LogP contribution in [0.5, 0.6) is 0 Å². The van der Waals surface area contributed by atoms with Crippen LogP contribution in [-0.2, 0) is 0 Å². The molecule has 3 nitrogen and oxygen atoms in total. The molecule has 17 heavy (non-hydrogen) atoms. The molecule has 1 heterocycles. The van der Waals surface area contributed by atoms with Crippen LogP contribution >= 0.6 is 39.1 Å². The van der Waals surface area contributed by atoms with Crippen molar-refractivity contribution in [3.8, 4) is 0 Å². The van der Waals surface area contributed by atoms with Crippen molar-refractivity contribution in [1.29, 1.82) is 0 Å². The molecule has 2 rings (SSSR count). The van der Waals surface area contributed by atoms with Crippen LogP contribution in [0.3, 0.4) is 0 Å². The van der Waals surface area contributed by atoms with Crippen LogP contribution in [0, 0.1) is 0 Å². The Hall–Kier alpha value is -0.970. The molecule has 0 amide bonds. The Morgan fingerprint density at radius 3 is 2.59 bits per heavy atom. The maximum atomic E-state index is 6.01. The van der Waals surface area contributed by atoms with E-state index in [9.17, 15) is 0 Å². The van der Waals surface area contributed by atoms with Crippen LogP contribution in [0.2, 0.25) is 10.0 Å². The van der Waals surface area contributed by atoms with Crippen molar-refractivity contribution in [1.82, 2.24) is 4.98 Å². The lowest BCUT2D eigenvalue weighted by Gasteiger charge is -2.08. The first-order valence-corrected chi connectivity index (χ1v) is 6.24. The fraction of sp³-hybridized carbons (Fsp3) is 0. The fourth-order valence-corrected chi connectivity index (χ4v) is 1.97. The number of aromatic nitrogens is 1. The maximum Gasteiger partial charge on any atom is 0.149 e. The average molecular weight is 333 g/mol. The molecule has 0 radical (unpaired) electrons. The number of nitrogen functional groups attached to an aromatic ring is 1. The van der Waals surface area contributed by atoms with E-state index in [1.165, 1.54) is 0 Å². The molecule has 0 atom stereocenters. The summed E-state index contributed by atoms with van der Waals surface area (Å²) in [5, 5.41) is 4.19. The van der Waals surface area contributed by atoms with E-state index in [-0.39, 0.29) is 0 Å². The molecule has 0 spiro atoms. The lowest BCUT2D eigenvalue weighted by atomic mass is 10.3. The molecular formula is C11H8BrCl2N3. The number of nitrogens with zero attached hydrogens (tertiary/aromatic N) is 1. The van der Waals surface area contributed by atoms with Crippen molar-refractivity contribution in [2.24, 2.45) is 0 Å². The number of halogens is 3. The number of hydrogen-bond donors (Lipinski definition) is 2. The van der Waals surface area contributed by atoms with Crippen molar-refractivity contribution in [3.63, 3.8) is 0 Å². The summed E-state index contributed by atoms with van der Waals surface area (Å²) in [6, 6.07) is 7.10. The normalized spacial score (nSPS) is 10.3. The first kappa shape index (κ1) is 12.5. The molecular weight excluding hydrogens is 325 g/mol. The predicted octanol–water partition coefficient (Wildman–Crippen LogP) is 4.48. The summed E-state index contributed by atoms with van der Waals surface area (Å²) in [7, 11) is 0. The van der Waals surface area contributed by atoms with Crippen molar-refractivity contribution >= 4 is 56.3 Å². The van der Waals surface area contributed by atoms with E-state index < -0.39 is 0 Å². The summed E-state index contributed by atoms with van der Waals surface area (Å²) >= 11 is 15.3. The van der Waals surface area contributed by atoms with E-state index in [4.69, 9.17) is 28.9 Å². The number of benzene rings is 1. The highest BCUT2D eigenvalue weighted by Crippen LogP contribution is 2.29. The van der Waals surface area contributed by atoms with Gasteiger partial charge in [0, 0.05) is 10.2 Å². The lowest BCUT2D eigenvalue weighted by molar-refractivity contribution is 1.31. The number of nitrogens with two attached hydrogens (primary N) is 1. The maximum absolute atomic E-state index is 6.01. The molecule has 1 aromatic heterocycles. The summed E-state index contributed by atoms with van der Waals surface area (Å²) in [6.07, 6.45) is 1.54. The second kappa shape index (κ2) is 5.12. The summed E-state index contributed by atoms with van der Waals surface area (Å²) in [6.45, 7) is 0. The SMILES string of the molecule is Nc1cnc(Nc2ccc(Cl)c(Br)c2)c(Cl)c1. The van der Waals surface area contributed by atoms with Crippen molar-refractivity contribution in [2.45, 2.75) is 0 Å². The third kappa shape index (κ3) is 3.03. The highest BCUT2D eigenvalue weighted by Gasteiger charge is 2.04. The van der Waals surface area contributed by atoms with E-state index in [0.29, 0.717) is 21.6 Å². The van der Waals surface area contributed by atoms with Gasteiger partial charge in [-0.15, -0.1) is 0 Å². The van der Waals surface area contributed by atoms with E-state index >= 15 is 0 Å². The van der Waals surface area contributed by atoms with Gasteiger partial charge in [0.1, 0.15) is 5.82 Å². The van der Waals surface area contributed by atoms with Crippen LogP contribution in [0.15, 0.2) is 34.9 Å². The third-order valence-electron chi connectivity index (χ3n) is 2.04. The number of rotatable bonds is 2. The van der Waals surface area contributed by atoms with Gasteiger partial charge in [-0.2, -0.15) is 0 Å². The summed E-state index contributed by atoms with van der Waals surface area (Å²) < 4.78 is 0.802. The summed E-state index contributed by atoms with van der Waals surface area (Å²) in [5.41, 5.74) is 6.92. The fourth-order valence-electron chi connectivity index (χ4n) is 1.26. The number of anilines is 3. The molecule has 0 saturated heterocycles. The monoisotopic (exact) mass is 331 g/mol. The molecule has 0 saturated carbocycles. The van der Waals surface area contributed by atoms with Crippen LogP contribution in [0.1, 0.15) is 0 Å². The van der Waals surface area contributed by atoms with Gasteiger partial charge in [-0.1, -0.05) is 23.2 Å². The van der Waals surface area contributed by atoms with Gasteiger partial charge in [-0.25, -0.2) is 4.98 Å². The van der Waals surface area contributed by atoms with Crippen molar-refractivity contribution < 1.29 is 0 Å². The molecule has 0 fully saturated rings. The first-order chi connectivity index (χ1) is 8.06. The minimum atomic E-state index is 0.469. The minimum Gasteiger partial charge on any atom is -0.397 e. The number of nitrogens with one attached hydrogen (secondary N) is 1. The Labute approximate surface area is 117 Å². The van der Waals surface area contributed by atoms with Crippen molar-refractivity contribution in [3.05, 3.63) is 45.0 Å². The topological polar surface area (TPSA) is 50.9 Å². The Balaban J connectivity index is 2.28. The molecule has 1 aromatic carbocycles. The third-order valence-corrected chi connectivity index (χ3v) is 3.55. The van der Waals surface area contributed by atoms with Gasteiger partial charge in [0.05, 0.1) is 21.9 Å². The Morgan fingerprint density at radius 1 is 1.18 bits per heavy atom. The quantitative estimate of drug-likeness (QED) is 0.852. The Morgan fingerprint density at radius 2 is 1.94 bits per heavy atom. The van der Waals surface area contributed by atoms with E-state index in [0.717, 1.165) is 10.2 Å². The zero-order valence-electron chi connectivity index (χ0n) is 8.55. The molecule has 88 valence electrons. The molecule has 0 unspecified atom stereocenters. The van der Waals surface area contributed by atoms with Crippen LogP contribution in [-0.4, -0.2) is 4.98 Å². The lowest BCUT2D eigenvalue weighted by Crippen LogP contribution is -1.96. The zero-order chi connectivity index (χ0) is 12.4. The summed E-state index contributed by atoms with van der Waals surface area (Å²) in [5.74, 6) is 0.551. The van der Waals surface area contributed by atoms with Gasteiger partial charge in [-0.05, 0) is 40.2 Å². The molecule has 3 N–H and O–H groups in total. The standard InChI is InChI=1S/C11H8BrCl2N3/c12-8-4-7(1-2-9(8)13)17-11-10(14)3-6(15)5-16-11/h1-5H,15H2,(H,16,17).